The van der Waals surface area contributed by atoms with Crippen LogP contribution in [0.15, 0.2) is 218 Å². The van der Waals surface area contributed by atoms with Gasteiger partial charge < -0.3 is 9.47 Å². The Morgan fingerprint density at radius 2 is 1.06 bits per heavy atom. The fourth-order valence-electron chi connectivity index (χ4n) is 6.12. The Balaban J connectivity index is 1.33. The maximum atomic E-state index is 9.84. The Kier molecular flexibility index (Phi) is 3.57. The molecule has 0 aliphatic rings. The molecule has 0 saturated carbocycles. The average molecular weight is 716 g/mol. The van der Waals surface area contributed by atoms with Crippen LogP contribution in [0.25, 0.3) is 71.6 Å². The van der Waals surface area contributed by atoms with Crippen molar-refractivity contribution in [1.82, 2.24) is 4.57 Å². The number of benzene rings is 9. The van der Waals surface area contributed by atoms with Gasteiger partial charge >= 0.3 is 0 Å². The summed E-state index contributed by atoms with van der Waals surface area (Å²) in [5.74, 6) is 0. The van der Waals surface area contributed by atoms with Crippen molar-refractivity contribution in [3.05, 3.63) is 218 Å². The van der Waals surface area contributed by atoms with E-state index in [1.54, 1.807) is 42.5 Å². The topological polar surface area (TPSA) is 8.17 Å². The minimum atomic E-state index is -1.04. The van der Waals surface area contributed by atoms with E-state index in [1.807, 2.05) is 0 Å². The molecule has 54 heavy (non-hydrogen) atoms. The molecule has 0 amide bonds. The van der Waals surface area contributed by atoms with Gasteiger partial charge in [0.2, 0.25) is 0 Å². The van der Waals surface area contributed by atoms with Crippen LogP contribution in [-0.2, 0) is 0 Å². The fourth-order valence-corrected chi connectivity index (χ4v) is 6.12. The van der Waals surface area contributed by atoms with Crippen molar-refractivity contribution in [2.75, 3.05) is 4.90 Å². The van der Waals surface area contributed by atoms with Crippen molar-refractivity contribution in [1.29, 1.82) is 0 Å². The van der Waals surface area contributed by atoms with Crippen molar-refractivity contribution in [2.45, 2.75) is 0 Å². The Morgan fingerprint density at radius 1 is 0.389 bits per heavy atom. The van der Waals surface area contributed by atoms with Gasteiger partial charge in [0.05, 0.1) is 53.7 Å². The van der Waals surface area contributed by atoms with E-state index < -0.39 is 235 Å². The van der Waals surface area contributed by atoms with E-state index in [1.165, 1.54) is 12.1 Å². The normalized spacial score (nSPS) is 18.3. The number of rotatable bonds is 7. The van der Waals surface area contributed by atoms with Crippen LogP contribution in [0.5, 0.6) is 0 Å². The van der Waals surface area contributed by atoms with E-state index in [0.29, 0.717) is 11.1 Å². The molecule has 2 nitrogen and oxygen atoms in total. The molecule has 0 aliphatic carbocycles. The Hall–Kier alpha value is -7.16. The minimum absolute atomic E-state index is 0.108. The summed E-state index contributed by atoms with van der Waals surface area (Å²) in [5.41, 5.74) is -5.31. The number of anilines is 3. The molecule has 0 unspecified atom stereocenters. The second-order valence-corrected chi connectivity index (χ2v) is 11.7. The third-order valence-corrected chi connectivity index (χ3v) is 8.58. The summed E-state index contributed by atoms with van der Waals surface area (Å²) < 4.78 is 245. The van der Waals surface area contributed by atoms with Crippen molar-refractivity contribution >= 4 is 49.6 Å². The van der Waals surface area contributed by atoms with Gasteiger partial charge in [-0.15, -0.1) is 0 Å². The fraction of sp³-hybridized carbons (Fsp3) is 0. The zero-order valence-electron chi connectivity index (χ0n) is 54.6. The molecule has 10 rings (SSSR count). The monoisotopic (exact) mass is 715 g/mol. The number of hydrogen-bond donors (Lipinski definition) is 0. The van der Waals surface area contributed by atoms with Crippen LogP contribution in [0, 0.1) is 0 Å². The highest BCUT2D eigenvalue weighted by molar-refractivity contribution is 6.10. The highest BCUT2D eigenvalue weighted by Crippen LogP contribution is 2.42. The molecule has 0 saturated heterocycles. The summed E-state index contributed by atoms with van der Waals surface area (Å²) >= 11 is 0. The number of aromatic nitrogens is 1. The first kappa shape index (κ1) is 14.3. The predicted molar refractivity (Wildman–Crippen MR) is 229 cm³/mol. The van der Waals surface area contributed by atoms with Crippen LogP contribution in [0.4, 0.5) is 17.1 Å². The maximum absolute atomic E-state index is 9.84. The minimum Gasteiger partial charge on any atom is -0.310 e. The molecule has 0 spiro atoms. The lowest BCUT2D eigenvalue weighted by Gasteiger charge is -2.28. The zero-order valence-corrected chi connectivity index (χ0v) is 27.6. The highest BCUT2D eigenvalue weighted by Gasteiger charge is 2.18. The summed E-state index contributed by atoms with van der Waals surface area (Å²) in [5, 5.41) is -2.28. The molecule has 0 aliphatic heterocycles. The first-order valence-corrected chi connectivity index (χ1v) is 16.3. The summed E-state index contributed by atoms with van der Waals surface area (Å²) in [4.78, 5) is 0.904. The van der Waals surface area contributed by atoms with Gasteiger partial charge in [0.25, 0.3) is 0 Å². The lowest BCUT2D eigenvalue weighted by Crippen LogP contribution is -2.11. The molecule has 0 atom stereocenters. The number of fused-ring (bicyclic) bond motifs is 4. The third kappa shape index (κ3) is 5.62. The highest BCUT2D eigenvalue weighted by atomic mass is 15.1. The van der Waals surface area contributed by atoms with E-state index in [9.17, 15) is 15.1 Å². The van der Waals surface area contributed by atoms with Crippen LogP contribution in [0.2, 0.25) is 0 Å². The van der Waals surface area contributed by atoms with Gasteiger partial charge in [-0.3, -0.25) is 0 Å². The van der Waals surface area contributed by atoms with Crippen LogP contribution in [-0.4, -0.2) is 4.57 Å². The molecule has 0 N–H and O–H groups in total. The Labute approximate surface area is 353 Å². The van der Waals surface area contributed by atoms with Gasteiger partial charge in [-0.05, 0) is 99.1 Å². The van der Waals surface area contributed by atoms with Gasteiger partial charge in [0.1, 0.15) is 0 Å². The first-order chi connectivity index (χ1) is 38.0. The molecule has 10 aromatic rings. The van der Waals surface area contributed by atoms with Crippen LogP contribution >= 0.6 is 0 Å². The lowest BCUT2D eigenvalue weighted by molar-refractivity contribution is 1.19. The molecule has 2 heteroatoms. The molecular weight excluding hydrogens is 653 g/mol. The molecular formula is C52H36N2. The van der Waals surface area contributed by atoms with E-state index in [0.717, 1.165) is 9.47 Å². The second kappa shape index (κ2) is 13.4. The van der Waals surface area contributed by atoms with E-state index >= 15 is 0 Å². The lowest BCUT2D eigenvalue weighted by atomic mass is 10.00. The summed E-state index contributed by atoms with van der Waals surface area (Å²) in [7, 11) is 0. The first-order valence-electron chi connectivity index (χ1n) is 29.8. The van der Waals surface area contributed by atoms with Crippen molar-refractivity contribution in [2.24, 2.45) is 0 Å². The molecule has 1 heterocycles. The molecule has 0 radical (unpaired) electrons. The predicted octanol–water partition coefficient (Wildman–Crippen LogP) is 14.4. The Morgan fingerprint density at radius 3 is 1.89 bits per heavy atom. The quantitative estimate of drug-likeness (QED) is 0.159. The standard InChI is InChI=1S/C52H36N2/c1-3-13-37(14-4-1)39-23-29-44(30-24-39)53(50-21-11-9-19-47(50)41-16-5-2-6-17-41)45-31-25-40(26-32-45)43-28-34-52-49(36-43)48-20-10-12-22-51(48)54(52)46-33-27-38-15-7-8-18-42(38)35-46/h1-36H/i2D,5D,6D,7D,8D,9D,10D,11D,12D,15D,16D,17D,18D,19D,20D,21D,22D,25D,26D,27D,28D,31D,32D,33D,34D,35D,36D. The van der Waals surface area contributed by atoms with Crippen molar-refractivity contribution in [3.8, 4) is 39.1 Å². The van der Waals surface area contributed by atoms with Crippen molar-refractivity contribution in [3.63, 3.8) is 0 Å². The Bertz CT molecular complexity index is 4420. The summed E-state index contributed by atoms with van der Waals surface area (Å²) in [6.07, 6.45) is 0. The van der Waals surface area contributed by atoms with E-state index in [2.05, 4.69) is 0 Å². The average Bonchev–Trinajstić information content (AvgIpc) is 4.10. The van der Waals surface area contributed by atoms with Crippen LogP contribution in [0.3, 0.4) is 0 Å². The van der Waals surface area contributed by atoms with Gasteiger partial charge in [-0.2, -0.15) is 0 Å². The molecule has 1 aromatic heterocycles. The smallest absolute Gasteiger partial charge is 0.0651 e. The van der Waals surface area contributed by atoms with E-state index in [-0.39, 0.29) is 5.69 Å². The zero-order chi connectivity index (χ0) is 59.3. The molecule has 254 valence electrons. The van der Waals surface area contributed by atoms with Crippen LogP contribution < -0.4 is 4.90 Å². The number of para-hydroxylation sites is 2. The van der Waals surface area contributed by atoms with Gasteiger partial charge in [0.15, 0.2) is 0 Å². The summed E-state index contributed by atoms with van der Waals surface area (Å²) in [6, 6.07) is -9.59. The number of hydrogen-bond acceptors (Lipinski definition) is 1. The third-order valence-electron chi connectivity index (χ3n) is 8.58. The van der Waals surface area contributed by atoms with Crippen molar-refractivity contribution < 1.29 is 37.0 Å². The van der Waals surface area contributed by atoms with Gasteiger partial charge in [0, 0.05) is 33.4 Å². The SMILES string of the molecule is [2H]c1c([2H])c([2H])c(-c2c([2H])c([2H])c([2H])c([2H])c2N(c2ccc(-c3ccccc3)cc2)c2c([2H])c([2H])c(-c3c([2H])c([2H])c4c(c3[2H])c3c([2H])c([2H])c([2H])c([2H])c3n4-c3c([2H])c([2H])c4c([2H])c([2H])c([2H])c([2H])c4c3[2H])c([2H])c2[2H])c([2H])c1[2H]. The van der Waals surface area contributed by atoms with Gasteiger partial charge in [-0.1, -0.05) is 157 Å². The second-order valence-electron chi connectivity index (χ2n) is 11.7. The largest absolute Gasteiger partial charge is 0.310 e. The summed E-state index contributed by atoms with van der Waals surface area (Å²) in [6.45, 7) is 0. The molecule has 9 aromatic carbocycles. The molecule has 0 bridgehead atoms. The van der Waals surface area contributed by atoms with Gasteiger partial charge in [-0.25, -0.2) is 0 Å². The maximum Gasteiger partial charge on any atom is 0.0651 e. The number of nitrogens with zero attached hydrogens (tertiary/aromatic N) is 2. The van der Waals surface area contributed by atoms with Crippen LogP contribution in [0.1, 0.15) is 37.0 Å². The van der Waals surface area contributed by atoms with E-state index in [4.69, 9.17) is 21.9 Å². The molecule has 0 fully saturated rings.